The summed E-state index contributed by atoms with van der Waals surface area (Å²) in [5, 5.41) is 14.9. The van der Waals surface area contributed by atoms with E-state index in [0.717, 1.165) is 46.4 Å². The molecule has 3 N–H and O–H groups in total. The van der Waals surface area contributed by atoms with E-state index in [1.54, 1.807) is 16.9 Å². The molecule has 3 aromatic heterocycles. The van der Waals surface area contributed by atoms with Crippen molar-refractivity contribution in [3.05, 3.63) is 66.1 Å². The Morgan fingerprint density at radius 1 is 1.09 bits per heavy atom. The molecule has 0 fully saturated rings. The quantitative estimate of drug-likeness (QED) is 0.424. The van der Waals surface area contributed by atoms with Crippen LogP contribution < -0.4 is 10.5 Å². The van der Waals surface area contributed by atoms with Crippen molar-refractivity contribution in [1.29, 1.82) is 0 Å². The SMILES string of the molecule is CCC[C@H](N)c1cccc(-c2cc(OC(C)C)c3cnn(-c4cccc(CO)n4)c3c2)n1. The predicted molar refractivity (Wildman–Crippen MR) is 126 cm³/mol. The molecule has 1 atom stereocenters. The van der Waals surface area contributed by atoms with Gasteiger partial charge in [-0.1, -0.05) is 25.5 Å². The number of aromatic nitrogens is 4. The molecule has 166 valence electrons. The van der Waals surface area contributed by atoms with Crippen LogP contribution in [0.2, 0.25) is 0 Å². The minimum atomic E-state index is -0.130. The van der Waals surface area contributed by atoms with E-state index < -0.39 is 0 Å². The van der Waals surface area contributed by atoms with Crippen LogP contribution in [0, 0.1) is 0 Å². The van der Waals surface area contributed by atoms with Gasteiger partial charge >= 0.3 is 0 Å². The lowest BCUT2D eigenvalue weighted by atomic mass is 10.1. The molecule has 4 rings (SSSR count). The van der Waals surface area contributed by atoms with Gasteiger partial charge in [0.2, 0.25) is 0 Å². The Morgan fingerprint density at radius 3 is 2.66 bits per heavy atom. The number of benzene rings is 1. The summed E-state index contributed by atoms with van der Waals surface area (Å²) in [5.41, 5.74) is 10.4. The molecule has 4 aromatic rings. The first kappa shape index (κ1) is 21.9. The highest BCUT2D eigenvalue weighted by atomic mass is 16.5. The van der Waals surface area contributed by atoms with Crippen LogP contribution in [0.4, 0.5) is 0 Å². The smallest absolute Gasteiger partial charge is 0.154 e. The highest BCUT2D eigenvalue weighted by molar-refractivity contribution is 5.90. The molecule has 0 aliphatic heterocycles. The molecule has 0 aliphatic rings. The molecule has 1 aromatic carbocycles. The van der Waals surface area contributed by atoms with Gasteiger partial charge in [-0.15, -0.1) is 0 Å². The van der Waals surface area contributed by atoms with Crippen LogP contribution in [0.1, 0.15) is 51.0 Å². The fraction of sp³-hybridized carbons (Fsp3) is 0.320. The largest absolute Gasteiger partial charge is 0.490 e. The van der Waals surface area contributed by atoms with Crippen molar-refractivity contribution in [3.8, 4) is 22.8 Å². The van der Waals surface area contributed by atoms with E-state index in [4.69, 9.17) is 15.5 Å². The normalized spacial score (nSPS) is 12.4. The molecule has 0 radical (unpaired) electrons. The van der Waals surface area contributed by atoms with E-state index in [0.29, 0.717) is 11.5 Å². The van der Waals surface area contributed by atoms with E-state index in [2.05, 4.69) is 17.0 Å². The van der Waals surface area contributed by atoms with Crippen LogP contribution in [-0.4, -0.2) is 31.0 Å². The lowest BCUT2D eigenvalue weighted by molar-refractivity contribution is 0.245. The molecule has 0 saturated carbocycles. The fourth-order valence-electron chi connectivity index (χ4n) is 3.73. The van der Waals surface area contributed by atoms with Crippen molar-refractivity contribution in [3.63, 3.8) is 0 Å². The van der Waals surface area contributed by atoms with Gasteiger partial charge < -0.3 is 15.6 Å². The Hall–Kier alpha value is -3.29. The van der Waals surface area contributed by atoms with Crippen molar-refractivity contribution in [2.75, 3.05) is 0 Å². The van der Waals surface area contributed by atoms with E-state index in [9.17, 15) is 5.11 Å². The Labute approximate surface area is 187 Å². The molecule has 0 saturated heterocycles. The zero-order chi connectivity index (χ0) is 22.7. The first-order valence-electron chi connectivity index (χ1n) is 11.0. The molecule has 3 heterocycles. The maximum absolute atomic E-state index is 9.49. The number of ether oxygens (including phenoxy) is 1. The fourth-order valence-corrected chi connectivity index (χ4v) is 3.73. The number of nitrogens with zero attached hydrogens (tertiary/aromatic N) is 4. The van der Waals surface area contributed by atoms with Crippen LogP contribution in [0.5, 0.6) is 5.75 Å². The summed E-state index contributed by atoms with van der Waals surface area (Å²) in [6.07, 6.45) is 3.68. The van der Waals surface area contributed by atoms with E-state index in [-0.39, 0.29) is 18.8 Å². The molecule has 0 bridgehead atoms. The Balaban J connectivity index is 1.87. The molecule has 0 unspecified atom stereocenters. The van der Waals surface area contributed by atoms with Crippen LogP contribution in [0.3, 0.4) is 0 Å². The highest BCUT2D eigenvalue weighted by Gasteiger charge is 2.16. The Kier molecular flexibility index (Phi) is 6.48. The number of hydrogen-bond donors (Lipinski definition) is 2. The summed E-state index contributed by atoms with van der Waals surface area (Å²) in [4.78, 5) is 9.36. The van der Waals surface area contributed by atoms with Crippen molar-refractivity contribution in [1.82, 2.24) is 19.7 Å². The van der Waals surface area contributed by atoms with Gasteiger partial charge in [-0.25, -0.2) is 9.67 Å². The van der Waals surface area contributed by atoms with Gasteiger partial charge in [-0.05, 0) is 56.7 Å². The number of aliphatic hydroxyl groups is 1. The van der Waals surface area contributed by atoms with Crippen LogP contribution in [0.25, 0.3) is 28.0 Å². The van der Waals surface area contributed by atoms with Crippen molar-refractivity contribution < 1.29 is 9.84 Å². The second kappa shape index (κ2) is 9.46. The topological polar surface area (TPSA) is 99.1 Å². The molecular formula is C25H29N5O2. The number of rotatable bonds is 8. The third-order valence-electron chi connectivity index (χ3n) is 5.23. The summed E-state index contributed by atoms with van der Waals surface area (Å²) in [7, 11) is 0. The second-order valence-corrected chi connectivity index (χ2v) is 8.12. The molecule has 32 heavy (non-hydrogen) atoms. The first-order valence-corrected chi connectivity index (χ1v) is 11.0. The third-order valence-corrected chi connectivity index (χ3v) is 5.23. The first-order chi connectivity index (χ1) is 15.5. The average Bonchev–Trinajstić information content (AvgIpc) is 3.23. The van der Waals surface area contributed by atoms with Crippen molar-refractivity contribution in [2.45, 2.75) is 52.4 Å². The van der Waals surface area contributed by atoms with Gasteiger partial charge in [-0.2, -0.15) is 5.10 Å². The third kappa shape index (κ3) is 4.49. The van der Waals surface area contributed by atoms with Crippen LogP contribution >= 0.6 is 0 Å². The van der Waals surface area contributed by atoms with Gasteiger partial charge in [0.25, 0.3) is 0 Å². The number of nitrogens with two attached hydrogens (primary N) is 1. The number of pyridine rings is 2. The number of aliphatic hydroxyl groups excluding tert-OH is 1. The van der Waals surface area contributed by atoms with Gasteiger partial charge in [-0.3, -0.25) is 4.98 Å². The zero-order valence-electron chi connectivity index (χ0n) is 18.7. The second-order valence-electron chi connectivity index (χ2n) is 8.12. The summed E-state index contributed by atoms with van der Waals surface area (Å²) in [5.74, 6) is 1.37. The standard InChI is InChI=1S/C25H29N5O2/c1-4-7-20(26)22-10-6-9-21(29-22)17-12-23-19(24(13-17)32-16(2)3)14-27-30(23)25-11-5-8-18(15-31)28-25/h5-6,8-14,16,20,31H,4,7,15,26H2,1-3H3/t20-/m0/s1. The monoisotopic (exact) mass is 431 g/mol. The molecule has 0 spiro atoms. The zero-order valence-corrected chi connectivity index (χ0v) is 18.7. The number of fused-ring (bicyclic) bond motifs is 1. The minimum Gasteiger partial charge on any atom is -0.490 e. The van der Waals surface area contributed by atoms with Crippen LogP contribution in [-0.2, 0) is 6.61 Å². The number of hydrogen-bond acceptors (Lipinski definition) is 6. The lowest BCUT2D eigenvalue weighted by Gasteiger charge is -2.15. The molecule has 7 heteroatoms. The molecule has 0 aliphatic carbocycles. The van der Waals surface area contributed by atoms with Crippen molar-refractivity contribution >= 4 is 10.9 Å². The maximum atomic E-state index is 9.49. The van der Waals surface area contributed by atoms with Crippen LogP contribution in [0.15, 0.2) is 54.7 Å². The summed E-state index contributed by atoms with van der Waals surface area (Å²) < 4.78 is 7.90. The van der Waals surface area contributed by atoms with Gasteiger partial charge in [0, 0.05) is 11.6 Å². The van der Waals surface area contributed by atoms with Gasteiger partial charge in [0.05, 0.1) is 46.9 Å². The van der Waals surface area contributed by atoms with Crippen molar-refractivity contribution in [2.24, 2.45) is 5.73 Å². The Bertz CT molecular complexity index is 1220. The lowest BCUT2D eigenvalue weighted by Crippen LogP contribution is -2.11. The van der Waals surface area contributed by atoms with E-state index >= 15 is 0 Å². The van der Waals surface area contributed by atoms with E-state index in [1.165, 1.54) is 0 Å². The van der Waals surface area contributed by atoms with Gasteiger partial charge in [0.15, 0.2) is 5.82 Å². The predicted octanol–water partition coefficient (Wildman–Crippen LogP) is 4.56. The molecule has 0 amide bonds. The summed E-state index contributed by atoms with van der Waals surface area (Å²) >= 11 is 0. The average molecular weight is 432 g/mol. The highest BCUT2D eigenvalue weighted by Crippen LogP contribution is 2.34. The molecule has 7 nitrogen and oxygen atoms in total. The summed E-state index contributed by atoms with van der Waals surface area (Å²) in [6, 6.07) is 15.4. The van der Waals surface area contributed by atoms with E-state index in [1.807, 2.05) is 56.3 Å². The minimum absolute atomic E-state index is 0.00455. The molecular weight excluding hydrogens is 402 g/mol. The maximum Gasteiger partial charge on any atom is 0.154 e. The Morgan fingerprint density at radius 2 is 1.91 bits per heavy atom. The summed E-state index contributed by atoms with van der Waals surface area (Å²) in [6.45, 7) is 5.98. The van der Waals surface area contributed by atoms with Gasteiger partial charge in [0.1, 0.15) is 5.75 Å².